The number of carbonyl (C=O) groups excluding carboxylic acids is 1. The topological polar surface area (TPSA) is 56.2 Å². The van der Waals surface area contributed by atoms with Gasteiger partial charge in [0.1, 0.15) is 11.6 Å². The van der Waals surface area contributed by atoms with E-state index in [0.29, 0.717) is 18.3 Å². The first kappa shape index (κ1) is 19.7. The number of ether oxygens (including phenoxy) is 1. The van der Waals surface area contributed by atoms with Crippen molar-refractivity contribution in [1.29, 1.82) is 0 Å². The smallest absolute Gasteiger partial charge is 0.263 e. The molecule has 0 aliphatic carbocycles. The lowest BCUT2D eigenvalue weighted by Crippen LogP contribution is -2.22. The van der Waals surface area contributed by atoms with Gasteiger partial charge < -0.3 is 10.1 Å². The largest absolute Gasteiger partial charge is 0.483 e. The Kier molecular flexibility index (Phi) is 6.14. The van der Waals surface area contributed by atoms with Crippen LogP contribution in [0.3, 0.4) is 0 Å². The molecule has 0 fully saturated rings. The van der Waals surface area contributed by atoms with Gasteiger partial charge in [-0.3, -0.25) is 4.79 Å². The van der Waals surface area contributed by atoms with Gasteiger partial charge in [-0.15, -0.1) is 0 Å². The van der Waals surface area contributed by atoms with Gasteiger partial charge in [-0.05, 0) is 42.5 Å². The number of aryl methyl sites for hydroxylation is 2. The first-order valence-corrected chi connectivity index (χ1v) is 9.53. The summed E-state index contributed by atoms with van der Waals surface area (Å²) < 4.78 is 7.59. The molecule has 0 saturated carbocycles. The van der Waals surface area contributed by atoms with Gasteiger partial charge in [-0.2, -0.15) is 5.10 Å². The van der Waals surface area contributed by atoms with E-state index in [9.17, 15) is 4.79 Å². The van der Waals surface area contributed by atoms with Crippen LogP contribution in [0.4, 0.5) is 5.82 Å². The Labute approximate surface area is 166 Å². The van der Waals surface area contributed by atoms with E-state index >= 15 is 0 Å². The summed E-state index contributed by atoms with van der Waals surface area (Å²) in [6, 6.07) is 16.2. The summed E-state index contributed by atoms with van der Waals surface area (Å²) in [5.74, 6) is 1.54. The van der Waals surface area contributed by atoms with E-state index < -0.39 is 0 Å². The molecule has 1 aromatic heterocycles. The highest BCUT2D eigenvalue weighted by molar-refractivity contribution is 5.91. The zero-order valence-electron chi connectivity index (χ0n) is 16.9. The summed E-state index contributed by atoms with van der Waals surface area (Å²) in [5.41, 5.74) is 4.55. The van der Waals surface area contributed by atoms with E-state index in [1.165, 1.54) is 5.56 Å². The van der Waals surface area contributed by atoms with E-state index in [1.807, 2.05) is 13.0 Å². The van der Waals surface area contributed by atoms with E-state index in [0.717, 1.165) is 22.4 Å². The lowest BCUT2D eigenvalue weighted by Gasteiger charge is -2.15. The van der Waals surface area contributed by atoms with Gasteiger partial charge in [0.15, 0.2) is 6.61 Å². The van der Waals surface area contributed by atoms with Gasteiger partial charge in [-0.25, -0.2) is 4.68 Å². The van der Waals surface area contributed by atoms with Crippen molar-refractivity contribution in [3.8, 4) is 5.75 Å². The molecule has 3 rings (SSSR count). The molecule has 0 bridgehead atoms. The summed E-state index contributed by atoms with van der Waals surface area (Å²) in [6.45, 7) is 8.85. The van der Waals surface area contributed by atoms with Crippen molar-refractivity contribution in [2.24, 2.45) is 0 Å². The molecule has 5 heteroatoms. The molecule has 0 unspecified atom stereocenters. The second-order valence-corrected chi connectivity index (χ2v) is 7.39. The van der Waals surface area contributed by atoms with Crippen molar-refractivity contribution < 1.29 is 9.53 Å². The number of carbonyl (C=O) groups is 1. The summed E-state index contributed by atoms with van der Waals surface area (Å²) >= 11 is 0. The van der Waals surface area contributed by atoms with E-state index in [1.54, 1.807) is 16.9 Å². The Bertz CT molecular complexity index is 943. The first-order chi connectivity index (χ1) is 13.4. The Hall–Kier alpha value is -3.08. The minimum Gasteiger partial charge on any atom is -0.483 e. The zero-order valence-corrected chi connectivity index (χ0v) is 16.9. The molecule has 1 amide bonds. The molecular weight excluding hydrogens is 350 g/mol. The van der Waals surface area contributed by atoms with Crippen LogP contribution in [0.2, 0.25) is 0 Å². The quantitative estimate of drug-likeness (QED) is 0.650. The van der Waals surface area contributed by atoms with Crippen LogP contribution in [0.15, 0.2) is 54.7 Å². The Morgan fingerprint density at radius 1 is 1.07 bits per heavy atom. The SMILES string of the molecule is Cc1ccc(Cn2nccc2NC(=O)COc2cc(C)ccc2C(C)C)cc1. The predicted octanol–water partition coefficient (Wildman–Crippen LogP) is 4.69. The molecule has 1 heterocycles. The fourth-order valence-corrected chi connectivity index (χ4v) is 3.00. The molecule has 2 aromatic carbocycles. The van der Waals surface area contributed by atoms with Crippen LogP contribution in [-0.2, 0) is 11.3 Å². The number of nitrogens with one attached hydrogen (secondary N) is 1. The molecule has 5 nitrogen and oxygen atoms in total. The standard InChI is InChI=1S/C23H27N3O2/c1-16(2)20-10-7-18(4)13-21(20)28-15-23(27)25-22-11-12-24-26(22)14-19-8-5-17(3)6-9-19/h5-13,16H,14-15H2,1-4H3,(H,25,27). The maximum absolute atomic E-state index is 12.4. The minimum absolute atomic E-state index is 0.0428. The average molecular weight is 377 g/mol. The fourth-order valence-electron chi connectivity index (χ4n) is 3.00. The second-order valence-electron chi connectivity index (χ2n) is 7.39. The summed E-state index contributed by atoms with van der Waals surface area (Å²) in [5, 5.41) is 7.21. The van der Waals surface area contributed by atoms with Crippen LogP contribution in [0.5, 0.6) is 5.75 Å². The van der Waals surface area contributed by atoms with Gasteiger partial charge in [0.05, 0.1) is 12.7 Å². The van der Waals surface area contributed by atoms with Gasteiger partial charge in [-0.1, -0.05) is 55.8 Å². The van der Waals surface area contributed by atoms with Crippen molar-refractivity contribution in [2.45, 2.75) is 40.2 Å². The first-order valence-electron chi connectivity index (χ1n) is 9.53. The number of hydrogen-bond acceptors (Lipinski definition) is 3. The van der Waals surface area contributed by atoms with Crippen molar-refractivity contribution in [1.82, 2.24) is 9.78 Å². The Balaban J connectivity index is 1.63. The van der Waals surface area contributed by atoms with Gasteiger partial charge in [0.25, 0.3) is 5.91 Å². The molecule has 0 aliphatic rings. The molecule has 0 saturated heterocycles. The molecule has 0 radical (unpaired) electrons. The number of amides is 1. The molecule has 1 N–H and O–H groups in total. The second kappa shape index (κ2) is 8.74. The maximum atomic E-state index is 12.4. The molecule has 28 heavy (non-hydrogen) atoms. The average Bonchev–Trinajstić information content (AvgIpc) is 3.08. The van der Waals surface area contributed by atoms with Crippen molar-refractivity contribution >= 4 is 11.7 Å². The van der Waals surface area contributed by atoms with Crippen LogP contribution >= 0.6 is 0 Å². The number of hydrogen-bond donors (Lipinski definition) is 1. The minimum atomic E-state index is -0.207. The van der Waals surface area contributed by atoms with Crippen molar-refractivity contribution in [3.05, 3.63) is 77.0 Å². The van der Waals surface area contributed by atoms with Gasteiger partial charge in [0.2, 0.25) is 0 Å². The third-order valence-corrected chi connectivity index (χ3v) is 4.59. The van der Waals surface area contributed by atoms with E-state index in [-0.39, 0.29) is 12.5 Å². The highest BCUT2D eigenvalue weighted by Crippen LogP contribution is 2.27. The molecule has 146 valence electrons. The number of nitrogens with zero attached hydrogens (tertiary/aromatic N) is 2. The third kappa shape index (κ3) is 5.00. The van der Waals surface area contributed by atoms with Crippen LogP contribution < -0.4 is 10.1 Å². The number of anilines is 1. The molecular formula is C23H27N3O2. The van der Waals surface area contributed by atoms with E-state index in [4.69, 9.17) is 4.74 Å². The highest BCUT2D eigenvalue weighted by atomic mass is 16.5. The van der Waals surface area contributed by atoms with Crippen LogP contribution in [0.25, 0.3) is 0 Å². The third-order valence-electron chi connectivity index (χ3n) is 4.59. The lowest BCUT2D eigenvalue weighted by atomic mass is 10.0. The van der Waals surface area contributed by atoms with Gasteiger partial charge >= 0.3 is 0 Å². The van der Waals surface area contributed by atoms with Crippen LogP contribution in [0, 0.1) is 13.8 Å². The summed E-state index contributed by atoms with van der Waals surface area (Å²) in [4.78, 5) is 12.4. The maximum Gasteiger partial charge on any atom is 0.263 e. The van der Waals surface area contributed by atoms with E-state index in [2.05, 4.69) is 67.6 Å². The summed E-state index contributed by atoms with van der Waals surface area (Å²) in [6.07, 6.45) is 1.68. The monoisotopic (exact) mass is 377 g/mol. The lowest BCUT2D eigenvalue weighted by molar-refractivity contribution is -0.118. The van der Waals surface area contributed by atoms with Gasteiger partial charge in [0, 0.05) is 6.07 Å². The molecule has 0 aliphatic heterocycles. The number of rotatable bonds is 7. The summed E-state index contributed by atoms with van der Waals surface area (Å²) in [7, 11) is 0. The van der Waals surface area contributed by atoms with Crippen LogP contribution in [-0.4, -0.2) is 22.3 Å². The Morgan fingerprint density at radius 3 is 2.50 bits per heavy atom. The van der Waals surface area contributed by atoms with Crippen molar-refractivity contribution in [2.75, 3.05) is 11.9 Å². The van der Waals surface area contributed by atoms with Crippen molar-refractivity contribution in [3.63, 3.8) is 0 Å². The Morgan fingerprint density at radius 2 is 1.79 bits per heavy atom. The molecule has 0 spiro atoms. The predicted molar refractivity (Wildman–Crippen MR) is 112 cm³/mol. The number of aromatic nitrogens is 2. The fraction of sp³-hybridized carbons (Fsp3) is 0.304. The highest BCUT2D eigenvalue weighted by Gasteiger charge is 2.12. The zero-order chi connectivity index (χ0) is 20.1. The molecule has 3 aromatic rings. The van der Waals surface area contributed by atoms with Crippen LogP contribution in [0.1, 0.15) is 42.0 Å². The number of benzene rings is 2. The molecule has 0 atom stereocenters. The normalized spacial score (nSPS) is 10.9.